The second kappa shape index (κ2) is 7.91. The summed E-state index contributed by atoms with van der Waals surface area (Å²) in [5, 5.41) is 12.0. The van der Waals surface area contributed by atoms with Crippen molar-refractivity contribution in [1.29, 1.82) is 5.26 Å². The molecule has 6 heteroatoms. The van der Waals surface area contributed by atoms with Crippen LogP contribution in [0.1, 0.15) is 19.5 Å². The summed E-state index contributed by atoms with van der Waals surface area (Å²) >= 11 is 0. The maximum Gasteiger partial charge on any atom is 0.158 e. The van der Waals surface area contributed by atoms with Gasteiger partial charge in [-0.1, -0.05) is 13.8 Å². The Balaban J connectivity index is 1.69. The van der Waals surface area contributed by atoms with Gasteiger partial charge in [0.25, 0.3) is 0 Å². The molecule has 1 aromatic rings. The largest absolute Gasteiger partial charge is 0.368 e. The summed E-state index contributed by atoms with van der Waals surface area (Å²) in [7, 11) is 0. The van der Waals surface area contributed by atoms with Crippen LogP contribution in [0.2, 0.25) is 0 Å². The number of nitrogens with zero attached hydrogens (tertiary/aromatic N) is 5. The van der Waals surface area contributed by atoms with Crippen molar-refractivity contribution in [2.75, 3.05) is 51.1 Å². The Morgan fingerprint density at radius 1 is 1.24 bits per heavy atom. The lowest BCUT2D eigenvalue weighted by molar-refractivity contribution is 0.126. The first-order valence-electron chi connectivity index (χ1n) is 7.62. The monoisotopic (exact) mass is 288 g/mol. The van der Waals surface area contributed by atoms with E-state index in [0.29, 0.717) is 11.6 Å². The van der Waals surface area contributed by atoms with Crippen LogP contribution in [0.3, 0.4) is 0 Å². The molecule has 1 fully saturated rings. The first-order valence-corrected chi connectivity index (χ1v) is 7.62. The van der Waals surface area contributed by atoms with Gasteiger partial charge in [0.2, 0.25) is 0 Å². The molecule has 0 saturated carbocycles. The summed E-state index contributed by atoms with van der Waals surface area (Å²) in [6, 6.07) is 1.97. The summed E-state index contributed by atoms with van der Waals surface area (Å²) in [5.41, 5.74) is 0.349. The molecule has 0 amide bonds. The third kappa shape index (κ3) is 4.96. The van der Waals surface area contributed by atoms with Crippen LogP contribution in [0.4, 0.5) is 5.82 Å². The highest BCUT2D eigenvalue weighted by Crippen LogP contribution is 2.07. The Morgan fingerprint density at radius 3 is 2.52 bits per heavy atom. The molecule has 2 rings (SSSR count). The van der Waals surface area contributed by atoms with Crippen LogP contribution in [-0.4, -0.2) is 65.6 Å². The molecule has 0 aliphatic carbocycles. The lowest BCUT2D eigenvalue weighted by Crippen LogP contribution is -2.47. The van der Waals surface area contributed by atoms with Crippen molar-refractivity contribution >= 4 is 5.82 Å². The van der Waals surface area contributed by atoms with Gasteiger partial charge in [0.05, 0.1) is 12.4 Å². The number of piperazine rings is 1. The van der Waals surface area contributed by atoms with Crippen LogP contribution in [0.15, 0.2) is 12.4 Å². The fourth-order valence-corrected chi connectivity index (χ4v) is 2.55. The predicted octanol–water partition coefficient (Wildman–Crippen LogP) is 1.03. The van der Waals surface area contributed by atoms with E-state index in [0.717, 1.165) is 38.5 Å². The summed E-state index contributed by atoms with van der Waals surface area (Å²) in [6.45, 7) is 12.3. The zero-order valence-corrected chi connectivity index (χ0v) is 12.9. The molecule has 2 heterocycles. The van der Waals surface area contributed by atoms with Crippen molar-refractivity contribution in [3.05, 3.63) is 18.1 Å². The number of nitrogens with one attached hydrogen (secondary N) is 1. The van der Waals surface area contributed by atoms with Gasteiger partial charge in [-0.05, 0) is 12.5 Å². The highest BCUT2D eigenvalue weighted by Gasteiger charge is 2.17. The summed E-state index contributed by atoms with van der Waals surface area (Å²) in [4.78, 5) is 13.2. The van der Waals surface area contributed by atoms with Crippen molar-refractivity contribution in [1.82, 2.24) is 19.8 Å². The van der Waals surface area contributed by atoms with Gasteiger partial charge in [-0.15, -0.1) is 0 Å². The molecule has 1 aliphatic heterocycles. The molecule has 0 radical (unpaired) electrons. The first-order chi connectivity index (χ1) is 10.2. The van der Waals surface area contributed by atoms with Crippen molar-refractivity contribution < 1.29 is 0 Å². The minimum Gasteiger partial charge on any atom is -0.368 e. The molecule has 1 atom stereocenters. The minimum absolute atomic E-state index is 0.349. The van der Waals surface area contributed by atoms with E-state index in [1.54, 1.807) is 6.20 Å². The van der Waals surface area contributed by atoms with Crippen LogP contribution >= 0.6 is 0 Å². The van der Waals surface area contributed by atoms with Crippen molar-refractivity contribution in [3.63, 3.8) is 0 Å². The van der Waals surface area contributed by atoms with Gasteiger partial charge in [0.1, 0.15) is 11.9 Å². The number of anilines is 1. The van der Waals surface area contributed by atoms with E-state index in [4.69, 9.17) is 5.26 Å². The Bertz CT molecular complexity index is 458. The molecule has 6 nitrogen and oxygen atoms in total. The van der Waals surface area contributed by atoms with E-state index in [1.165, 1.54) is 19.3 Å². The third-order valence-electron chi connectivity index (χ3n) is 3.88. The minimum atomic E-state index is 0.349. The van der Waals surface area contributed by atoms with Crippen LogP contribution in [-0.2, 0) is 0 Å². The normalized spacial score (nSPS) is 18.1. The smallest absolute Gasteiger partial charge is 0.158 e. The number of rotatable bonds is 6. The van der Waals surface area contributed by atoms with Gasteiger partial charge in [-0.3, -0.25) is 0 Å². The van der Waals surface area contributed by atoms with Crippen LogP contribution in [0, 0.1) is 17.2 Å². The van der Waals surface area contributed by atoms with Crippen molar-refractivity contribution in [2.45, 2.75) is 13.8 Å². The number of hydrogen-bond acceptors (Lipinski definition) is 6. The maximum atomic E-state index is 8.68. The first kappa shape index (κ1) is 15.7. The quantitative estimate of drug-likeness (QED) is 0.843. The zero-order valence-electron chi connectivity index (χ0n) is 12.9. The van der Waals surface area contributed by atoms with Crippen molar-refractivity contribution in [2.24, 2.45) is 5.92 Å². The topological polar surface area (TPSA) is 68.1 Å². The molecular weight excluding hydrogens is 264 g/mol. The molecule has 1 aromatic heterocycles. The summed E-state index contributed by atoms with van der Waals surface area (Å²) in [6.07, 6.45) is 3.11. The lowest BCUT2D eigenvalue weighted by Gasteiger charge is -2.35. The van der Waals surface area contributed by atoms with Crippen LogP contribution in [0.5, 0.6) is 0 Å². The van der Waals surface area contributed by atoms with Gasteiger partial charge in [0, 0.05) is 39.3 Å². The Labute approximate surface area is 126 Å². The van der Waals surface area contributed by atoms with E-state index in [1.807, 2.05) is 6.07 Å². The lowest BCUT2D eigenvalue weighted by atomic mass is 10.1. The van der Waals surface area contributed by atoms with E-state index in [9.17, 15) is 0 Å². The average molecular weight is 288 g/mol. The van der Waals surface area contributed by atoms with Gasteiger partial charge in [-0.25, -0.2) is 9.97 Å². The summed E-state index contributed by atoms with van der Waals surface area (Å²) in [5.74, 6) is 1.28. The van der Waals surface area contributed by atoms with Crippen molar-refractivity contribution in [3.8, 4) is 6.07 Å². The zero-order chi connectivity index (χ0) is 15.1. The van der Waals surface area contributed by atoms with E-state index in [2.05, 4.69) is 38.9 Å². The molecule has 1 N–H and O–H groups in total. The van der Waals surface area contributed by atoms with E-state index in [-0.39, 0.29) is 0 Å². The Hall–Kier alpha value is -1.71. The van der Waals surface area contributed by atoms with Gasteiger partial charge >= 0.3 is 0 Å². The van der Waals surface area contributed by atoms with Crippen LogP contribution in [0.25, 0.3) is 0 Å². The summed E-state index contributed by atoms with van der Waals surface area (Å²) < 4.78 is 0. The predicted molar refractivity (Wildman–Crippen MR) is 83.0 cm³/mol. The number of hydrogen-bond donors (Lipinski definition) is 1. The fraction of sp³-hybridized carbons (Fsp3) is 0.667. The molecule has 0 bridgehead atoms. The van der Waals surface area contributed by atoms with E-state index >= 15 is 0 Å². The van der Waals surface area contributed by atoms with E-state index < -0.39 is 0 Å². The SMILES string of the molecule is CCN1CCN(CC(C)CNc2cnc(C#N)cn2)CC1. The molecule has 0 spiro atoms. The van der Waals surface area contributed by atoms with Crippen LogP contribution < -0.4 is 5.32 Å². The molecule has 1 saturated heterocycles. The Morgan fingerprint density at radius 2 is 1.95 bits per heavy atom. The second-order valence-electron chi connectivity index (χ2n) is 5.62. The number of likely N-dealkylation sites (N-methyl/N-ethyl adjacent to an activating group) is 1. The van der Waals surface area contributed by atoms with Gasteiger partial charge in [-0.2, -0.15) is 5.26 Å². The molecule has 114 valence electrons. The Kier molecular flexibility index (Phi) is 5.90. The molecule has 1 unspecified atom stereocenters. The number of aromatic nitrogens is 2. The average Bonchev–Trinajstić information content (AvgIpc) is 2.54. The second-order valence-corrected chi connectivity index (χ2v) is 5.62. The molecular formula is C15H24N6. The fourth-order valence-electron chi connectivity index (χ4n) is 2.55. The third-order valence-corrected chi connectivity index (χ3v) is 3.88. The maximum absolute atomic E-state index is 8.68. The standard InChI is InChI=1S/C15H24N6/c1-3-20-4-6-21(7-5-20)12-13(2)9-18-15-11-17-14(8-16)10-19-15/h10-11,13H,3-7,9,12H2,1-2H3,(H,18,19). The highest BCUT2D eigenvalue weighted by molar-refractivity contribution is 5.33. The van der Waals surface area contributed by atoms with Gasteiger partial charge < -0.3 is 15.1 Å². The molecule has 1 aliphatic rings. The molecule has 21 heavy (non-hydrogen) atoms. The highest BCUT2D eigenvalue weighted by atomic mass is 15.3. The number of nitriles is 1. The molecule has 0 aromatic carbocycles. The van der Waals surface area contributed by atoms with Gasteiger partial charge in [0.15, 0.2) is 5.69 Å².